The van der Waals surface area contributed by atoms with Gasteiger partial charge < -0.3 is 15.7 Å². The minimum absolute atomic E-state index is 0.296. The first kappa shape index (κ1) is 8.12. The van der Waals surface area contributed by atoms with Crippen LogP contribution in [0.25, 0.3) is 0 Å². The highest BCUT2D eigenvalue weighted by Crippen LogP contribution is 2.38. The summed E-state index contributed by atoms with van der Waals surface area (Å²) in [4.78, 5) is 2.37. The Labute approximate surface area is 83.1 Å². The van der Waals surface area contributed by atoms with E-state index in [-0.39, 0.29) is 0 Å². The molecule has 1 aromatic carbocycles. The Hall–Kier alpha value is -1.22. The molecule has 2 atom stereocenters. The van der Waals surface area contributed by atoms with Gasteiger partial charge >= 0.3 is 0 Å². The van der Waals surface area contributed by atoms with E-state index in [1.165, 1.54) is 11.3 Å². The maximum Gasteiger partial charge on any atom is 0.116 e. The van der Waals surface area contributed by atoms with E-state index >= 15 is 0 Å². The normalized spacial score (nSPS) is 29.1. The fraction of sp³-hybridized carbons (Fsp3) is 0.455. The van der Waals surface area contributed by atoms with Crippen LogP contribution in [0.5, 0.6) is 5.75 Å². The van der Waals surface area contributed by atoms with Crippen molar-refractivity contribution in [2.45, 2.75) is 24.9 Å². The third-order valence-corrected chi connectivity index (χ3v) is 3.40. The summed E-state index contributed by atoms with van der Waals surface area (Å²) in [6.07, 6.45) is 2.08. The highest BCUT2D eigenvalue weighted by molar-refractivity contribution is 5.62. The molecule has 0 aliphatic carbocycles. The van der Waals surface area contributed by atoms with Gasteiger partial charge in [0.2, 0.25) is 0 Å². The number of phenols is 1. The van der Waals surface area contributed by atoms with Crippen molar-refractivity contribution in [3.05, 3.63) is 23.8 Å². The van der Waals surface area contributed by atoms with Crippen molar-refractivity contribution in [3.8, 4) is 5.75 Å². The van der Waals surface area contributed by atoms with Crippen LogP contribution in [0.2, 0.25) is 0 Å². The number of rotatable bonds is 0. The fourth-order valence-electron chi connectivity index (χ4n) is 2.68. The van der Waals surface area contributed by atoms with Crippen molar-refractivity contribution in [3.63, 3.8) is 0 Å². The summed E-state index contributed by atoms with van der Waals surface area (Å²) >= 11 is 0. The van der Waals surface area contributed by atoms with Gasteiger partial charge in [0.1, 0.15) is 5.75 Å². The van der Waals surface area contributed by atoms with Gasteiger partial charge in [0.15, 0.2) is 0 Å². The van der Waals surface area contributed by atoms with Crippen molar-refractivity contribution in [1.82, 2.24) is 0 Å². The molecule has 0 amide bonds. The van der Waals surface area contributed by atoms with Gasteiger partial charge in [-0.15, -0.1) is 0 Å². The van der Waals surface area contributed by atoms with Crippen LogP contribution >= 0.6 is 0 Å². The molecule has 1 aromatic rings. The molecule has 3 N–H and O–H groups in total. The quantitative estimate of drug-likeness (QED) is 0.637. The third kappa shape index (κ3) is 0.960. The first-order valence-corrected chi connectivity index (χ1v) is 5.10. The maximum atomic E-state index is 9.38. The largest absolute Gasteiger partial charge is 0.508 e. The van der Waals surface area contributed by atoms with Gasteiger partial charge in [-0.2, -0.15) is 0 Å². The van der Waals surface area contributed by atoms with Crippen LogP contribution in [0, 0.1) is 0 Å². The molecular weight excluding hydrogens is 176 g/mol. The molecule has 3 heteroatoms. The molecule has 2 aliphatic rings. The molecule has 0 radical (unpaired) electrons. The van der Waals surface area contributed by atoms with E-state index in [0.29, 0.717) is 17.8 Å². The van der Waals surface area contributed by atoms with Gasteiger partial charge in [0.25, 0.3) is 0 Å². The molecular formula is C11H14N2O. The van der Waals surface area contributed by atoms with Gasteiger partial charge in [-0.1, -0.05) is 0 Å². The number of aromatic hydroxyl groups is 1. The van der Waals surface area contributed by atoms with Crippen LogP contribution in [0.1, 0.15) is 12.0 Å². The molecule has 0 spiro atoms. The lowest BCUT2D eigenvalue weighted by atomic mass is 10.0. The molecule has 1 fully saturated rings. The van der Waals surface area contributed by atoms with E-state index in [1.807, 2.05) is 12.1 Å². The molecule has 2 aliphatic heterocycles. The summed E-state index contributed by atoms with van der Waals surface area (Å²) < 4.78 is 0. The predicted octanol–water partition coefficient (Wildman–Crippen LogP) is 0.854. The smallest absolute Gasteiger partial charge is 0.116 e. The number of fused-ring (bicyclic) bond motifs is 3. The van der Waals surface area contributed by atoms with Crippen LogP contribution < -0.4 is 10.6 Å². The molecule has 0 aromatic heterocycles. The standard InChI is InChI=1S/C11H14N2O/c12-9-3-4-13-10-2-1-8(14)5-7(10)6-11(9)13/h1-2,5,9,11,14H,3-4,6,12H2. The number of nitrogens with zero attached hydrogens (tertiary/aromatic N) is 1. The zero-order valence-corrected chi connectivity index (χ0v) is 7.98. The van der Waals surface area contributed by atoms with Gasteiger partial charge in [-0.05, 0) is 36.6 Å². The fourth-order valence-corrected chi connectivity index (χ4v) is 2.68. The van der Waals surface area contributed by atoms with E-state index in [0.717, 1.165) is 19.4 Å². The van der Waals surface area contributed by atoms with E-state index in [1.54, 1.807) is 6.07 Å². The summed E-state index contributed by atoms with van der Waals surface area (Å²) in [5, 5.41) is 9.38. The molecule has 3 nitrogen and oxygen atoms in total. The summed E-state index contributed by atoms with van der Waals surface area (Å²) in [7, 11) is 0. The molecule has 3 rings (SSSR count). The highest BCUT2D eigenvalue weighted by Gasteiger charge is 2.37. The SMILES string of the molecule is NC1CCN2c3ccc(O)cc3CC12. The summed E-state index contributed by atoms with van der Waals surface area (Å²) in [5.41, 5.74) is 8.54. The first-order chi connectivity index (χ1) is 6.75. The molecule has 0 bridgehead atoms. The third-order valence-electron chi connectivity index (χ3n) is 3.40. The Bertz CT molecular complexity index is 378. The van der Waals surface area contributed by atoms with E-state index in [4.69, 9.17) is 5.73 Å². The summed E-state index contributed by atoms with van der Waals surface area (Å²) in [5.74, 6) is 0.360. The number of anilines is 1. The zero-order valence-electron chi connectivity index (χ0n) is 7.98. The number of phenolic OH excluding ortho intramolecular Hbond substituents is 1. The molecule has 14 heavy (non-hydrogen) atoms. The topological polar surface area (TPSA) is 49.5 Å². The average molecular weight is 190 g/mol. The van der Waals surface area contributed by atoms with E-state index < -0.39 is 0 Å². The van der Waals surface area contributed by atoms with Gasteiger partial charge in [-0.25, -0.2) is 0 Å². The number of nitrogens with two attached hydrogens (primary N) is 1. The number of hydrogen-bond donors (Lipinski definition) is 2. The lowest BCUT2D eigenvalue weighted by Gasteiger charge is -2.20. The summed E-state index contributed by atoms with van der Waals surface area (Å²) in [6.45, 7) is 1.06. The zero-order chi connectivity index (χ0) is 9.71. The van der Waals surface area contributed by atoms with Crippen LogP contribution in [-0.4, -0.2) is 23.7 Å². The second kappa shape index (κ2) is 2.64. The van der Waals surface area contributed by atoms with Crippen molar-refractivity contribution in [2.24, 2.45) is 5.73 Å². The summed E-state index contributed by atoms with van der Waals surface area (Å²) in [6, 6.07) is 6.38. The minimum atomic E-state index is 0.296. The first-order valence-electron chi connectivity index (χ1n) is 5.10. The van der Waals surface area contributed by atoms with Gasteiger partial charge in [0, 0.05) is 24.3 Å². The van der Waals surface area contributed by atoms with Crippen molar-refractivity contribution in [1.29, 1.82) is 0 Å². The Balaban J connectivity index is 2.04. The number of benzene rings is 1. The lowest BCUT2D eigenvalue weighted by Crippen LogP contribution is -2.36. The van der Waals surface area contributed by atoms with Crippen LogP contribution in [0.4, 0.5) is 5.69 Å². The van der Waals surface area contributed by atoms with Crippen molar-refractivity contribution >= 4 is 5.69 Å². The second-order valence-corrected chi connectivity index (χ2v) is 4.23. The van der Waals surface area contributed by atoms with Crippen molar-refractivity contribution < 1.29 is 5.11 Å². The van der Waals surface area contributed by atoms with Gasteiger partial charge in [-0.3, -0.25) is 0 Å². The Kier molecular flexibility index (Phi) is 1.53. The highest BCUT2D eigenvalue weighted by atomic mass is 16.3. The van der Waals surface area contributed by atoms with Crippen LogP contribution in [-0.2, 0) is 6.42 Å². The Morgan fingerprint density at radius 2 is 2.29 bits per heavy atom. The monoisotopic (exact) mass is 190 g/mol. The molecule has 74 valence electrons. The lowest BCUT2D eigenvalue weighted by molar-refractivity contribution is 0.474. The Morgan fingerprint density at radius 3 is 3.14 bits per heavy atom. The molecule has 1 saturated heterocycles. The van der Waals surface area contributed by atoms with Gasteiger partial charge in [0.05, 0.1) is 0 Å². The van der Waals surface area contributed by atoms with Crippen molar-refractivity contribution in [2.75, 3.05) is 11.4 Å². The molecule has 2 heterocycles. The van der Waals surface area contributed by atoms with E-state index in [9.17, 15) is 5.11 Å². The number of hydrogen-bond acceptors (Lipinski definition) is 3. The second-order valence-electron chi connectivity index (χ2n) is 4.23. The molecule has 2 unspecified atom stereocenters. The predicted molar refractivity (Wildman–Crippen MR) is 55.5 cm³/mol. The Morgan fingerprint density at radius 1 is 1.43 bits per heavy atom. The minimum Gasteiger partial charge on any atom is -0.508 e. The van der Waals surface area contributed by atoms with Crippen LogP contribution in [0.15, 0.2) is 18.2 Å². The van der Waals surface area contributed by atoms with E-state index in [2.05, 4.69) is 4.90 Å². The van der Waals surface area contributed by atoms with Crippen LogP contribution in [0.3, 0.4) is 0 Å². The molecule has 0 saturated carbocycles. The maximum absolute atomic E-state index is 9.38. The average Bonchev–Trinajstić information content (AvgIpc) is 2.66.